The Hall–Kier alpha value is -2.88. The van der Waals surface area contributed by atoms with Crippen LogP contribution in [0.3, 0.4) is 0 Å². The first-order chi connectivity index (χ1) is 17.4. The summed E-state index contributed by atoms with van der Waals surface area (Å²) in [6.07, 6.45) is 5.20. The Kier molecular flexibility index (Phi) is 7.32. The predicted octanol–water partition coefficient (Wildman–Crippen LogP) is 3.73. The maximum absolute atomic E-state index is 13.7. The second kappa shape index (κ2) is 10.6. The lowest BCUT2D eigenvalue weighted by molar-refractivity contribution is -0.122. The Balaban J connectivity index is 1.35. The van der Waals surface area contributed by atoms with Crippen LogP contribution in [0.4, 0.5) is 4.39 Å². The highest BCUT2D eigenvalue weighted by atomic mass is 35.5. The number of aromatic nitrogens is 4. The summed E-state index contributed by atoms with van der Waals surface area (Å²) in [5.41, 5.74) is 2.31. The Labute approximate surface area is 214 Å². The molecule has 0 aliphatic carbocycles. The van der Waals surface area contributed by atoms with Crippen molar-refractivity contribution >= 4 is 17.5 Å². The molecule has 2 aliphatic rings. The molecule has 0 spiro atoms. The van der Waals surface area contributed by atoms with E-state index in [1.54, 1.807) is 6.07 Å². The number of rotatable bonds is 8. The highest BCUT2D eigenvalue weighted by Gasteiger charge is 2.36. The molecule has 0 saturated carbocycles. The minimum Gasteiger partial charge on any atom is -0.378 e. The number of amides is 1. The van der Waals surface area contributed by atoms with Gasteiger partial charge in [-0.25, -0.2) is 14.1 Å². The van der Waals surface area contributed by atoms with Gasteiger partial charge in [-0.1, -0.05) is 17.7 Å². The monoisotopic (exact) mass is 512 g/mol. The molecular weight excluding hydrogens is 483 g/mol. The van der Waals surface area contributed by atoms with Crippen molar-refractivity contribution in [3.05, 3.63) is 52.9 Å². The molecule has 2 atom stereocenters. The number of morpholine rings is 1. The van der Waals surface area contributed by atoms with E-state index in [2.05, 4.69) is 25.3 Å². The third-order valence-electron chi connectivity index (χ3n) is 6.70. The molecule has 1 amide bonds. The second-order valence-corrected chi connectivity index (χ2v) is 10.1. The van der Waals surface area contributed by atoms with Crippen molar-refractivity contribution in [3.63, 3.8) is 0 Å². The van der Waals surface area contributed by atoms with Crippen LogP contribution in [-0.2, 0) is 22.5 Å². The van der Waals surface area contributed by atoms with E-state index < -0.39 is 5.82 Å². The average Bonchev–Trinajstić information content (AvgIpc) is 3.35. The summed E-state index contributed by atoms with van der Waals surface area (Å²) in [5.74, 6) is 0.0861. The van der Waals surface area contributed by atoms with E-state index in [0.29, 0.717) is 35.0 Å². The van der Waals surface area contributed by atoms with Gasteiger partial charge in [-0.2, -0.15) is 0 Å². The van der Waals surface area contributed by atoms with Crippen LogP contribution in [-0.4, -0.2) is 68.4 Å². The fourth-order valence-electron chi connectivity index (χ4n) is 4.95. The van der Waals surface area contributed by atoms with E-state index in [1.165, 1.54) is 29.7 Å². The molecule has 190 valence electrons. The van der Waals surface area contributed by atoms with Crippen molar-refractivity contribution in [3.8, 4) is 22.9 Å². The van der Waals surface area contributed by atoms with E-state index in [-0.39, 0.29) is 23.5 Å². The number of hydrogen-bond donors (Lipinski definition) is 1. The van der Waals surface area contributed by atoms with E-state index in [9.17, 15) is 9.18 Å². The molecule has 1 aromatic carbocycles. The van der Waals surface area contributed by atoms with E-state index in [4.69, 9.17) is 16.3 Å². The minimum absolute atomic E-state index is 0.00826. The lowest BCUT2D eigenvalue weighted by Gasteiger charge is -2.34. The number of carbonyl (C=O) groups excluding carboxylic acids is 1. The predicted molar refractivity (Wildman–Crippen MR) is 135 cm³/mol. The minimum atomic E-state index is -0.522. The molecule has 5 rings (SSSR count). The van der Waals surface area contributed by atoms with Gasteiger partial charge in [0.05, 0.1) is 18.2 Å². The molecule has 4 heterocycles. The average molecular weight is 513 g/mol. The number of benzene rings is 1. The van der Waals surface area contributed by atoms with E-state index in [0.717, 1.165) is 31.7 Å². The summed E-state index contributed by atoms with van der Waals surface area (Å²) < 4.78 is 20.9. The van der Waals surface area contributed by atoms with Gasteiger partial charge in [-0.05, 0) is 62.9 Å². The number of carbonyl (C=O) groups is 1. The summed E-state index contributed by atoms with van der Waals surface area (Å²) in [5, 5.41) is 7.39. The van der Waals surface area contributed by atoms with Gasteiger partial charge in [0.15, 0.2) is 11.6 Å². The molecule has 36 heavy (non-hydrogen) atoms. The number of nitrogens with one attached hydrogen (secondary N) is 1. The third kappa shape index (κ3) is 5.43. The molecular formula is C26H30ClFN6O2. The molecule has 8 nitrogen and oxygen atoms in total. The van der Waals surface area contributed by atoms with Gasteiger partial charge < -0.3 is 10.1 Å². The van der Waals surface area contributed by atoms with Crippen molar-refractivity contribution in [1.29, 1.82) is 0 Å². The van der Waals surface area contributed by atoms with Gasteiger partial charge >= 0.3 is 0 Å². The third-order valence-corrected chi connectivity index (χ3v) is 6.99. The van der Waals surface area contributed by atoms with Gasteiger partial charge in [0, 0.05) is 36.4 Å². The zero-order valence-corrected chi connectivity index (χ0v) is 21.2. The number of halogens is 2. The molecule has 2 aromatic heterocycles. The summed E-state index contributed by atoms with van der Waals surface area (Å²) >= 11 is 6.01. The standard InChI is InChI=1S/C26H30ClFN6O2/c1-16(2)30-24(35)13-34-26(18-4-7-22(28)21(27)11-18)31-25(32-34)23-8-3-17(12-29-23)9-10-33-19-5-6-20(33)15-36-14-19/h3-4,7-8,11-12,16,19-20H,5-6,9-10,13-15H2,1-2H3,(H,30,35). The first-order valence-electron chi connectivity index (χ1n) is 12.4. The molecule has 2 bridgehead atoms. The SMILES string of the molecule is CC(C)NC(=O)Cn1nc(-c2ccc(CCN3C4CCC3COC4)cn2)nc1-c1ccc(F)c(Cl)c1. The quantitative estimate of drug-likeness (QED) is 0.495. The van der Waals surface area contributed by atoms with Crippen molar-refractivity contribution in [2.75, 3.05) is 19.8 Å². The summed E-state index contributed by atoms with van der Waals surface area (Å²) in [4.78, 5) is 24.3. The van der Waals surface area contributed by atoms with Crippen LogP contribution in [0.5, 0.6) is 0 Å². The maximum Gasteiger partial charge on any atom is 0.242 e. The molecule has 2 unspecified atom stereocenters. The second-order valence-electron chi connectivity index (χ2n) is 9.73. The van der Waals surface area contributed by atoms with Gasteiger partial charge in [0.1, 0.15) is 18.1 Å². The van der Waals surface area contributed by atoms with Gasteiger partial charge in [-0.15, -0.1) is 5.10 Å². The fourth-order valence-corrected chi connectivity index (χ4v) is 5.13. The number of hydrogen-bond acceptors (Lipinski definition) is 6. The molecule has 3 aromatic rings. The van der Waals surface area contributed by atoms with Crippen molar-refractivity contribution in [2.24, 2.45) is 0 Å². The largest absolute Gasteiger partial charge is 0.378 e. The maximum atomic E-state index is 13.7. The van der Waals surface area contributed by atoms with Gasteiger partial charge in [0.2, 0.25) is 5.91 Å². The number of fused-ring (bicyclic) bond motifs is 2. The number of ether oxygens (including phenoxy) is 1. The summed E-state index contributed by atoms with van der Waals surface area (Å²) in [7, 11) is 0. The highest BCUT2D eigenvalue weighted by molar-refractivity contribution is 6.31. The topological polar surface area (TPSA) is 85.2 Å². The van der Waals surface area contributed by atoms with Crippen LogP contribution in [0.15, 0.2) is 36.5 Å². The Morgan fingerprint density at radius 3 is 2.67 bits per heavy atom. The normalized spacial score (nSPS) is 19.7. The van der Waals surface area contributed by atoms with Crippen LogP contribution in [0.2, 0.25) is 5.02 Å². The highest BCUT2D eigenvalue weighted by Crippen LogP contribution is 2.29. The molecule has 2 aliphatic heterocycles. The van der Waals surface area contributed by atoms with Crippen LogP contribution in [0.25, 0.3) is 22.9 Å². The lowest BCUT2D eigenvalue weighted by atomic mass is 10.1. The van der Waals surface area contributed by atoms with Crippen molar-refractivity contribution in [2.45, 2.75) is 57.8 Å². The Morgan fingerprint density at radius 1 is 1.22 bits per heavy atom. The molecule has 2 fully saturated rings. The smallest absolute Gasteiger partial charge is 0.242 e. The van der Waals surface area contributed by atoms with Crippen LogP contribution in [0.1, 0.15) is 32.3 Å². The number of nitrogens with zero attached hydrogens (tertiary/aromatic N) is 5. The number of pyridine rings is 1. The zero-order valence-electron chi connectivity index (χ0n) is 20.5. The summed E-state index contributed by atoms with van der Waals surface area (Å²) in [6, 6.07) is 9.34. The molecule has 10 heteroatoms. The first kappa shape index (κ1) is 24.8. The van der Waals surface area contributed by atoms with Gasteiger partial charge in [0.25, 0.3) is 0 Å². The Bertz CT molecular complexity index is 1220. The van der Waals surface area contributed by atoms with E-state index >= 15 is 0 Å². The molecule has 0 radical (unpaired) electrons. The van der Waals surface area contributed by atoms with Crippen molar-refractivity contribution < 1.29 is 13.9 Å². The lowest BCUT2D eigenvalue weighted by Crippen LogP contribution is -2.46. The molecule has 2 saturated heterocycles. The molecule has 1 N–H and O–H groups in total. The van der Waals surface area contributed by atoms with Gasteiger partial charge in [-0.3, -0.25) is 14.7 Å². The zero-order chi connectivity index (χ0) is 25.2. The van der Waals surface area contributed by atoms with E-state index in [1.807, 2.05) is 32.2 Å². The van der Waals surface area contributed by atoms with Crippen LogP contribution >= 0.6 is 11.6 Å². The first-order valence-corrected chi connectivity index (χ1v) is 12.7. The van der Waals surface area contributed by atoms with Crippen LogP contribution in [0, 0.1) is 5.82 Å². The Morgan fingerprint density at radius 2 is 2.00 bits per heavy atom. The fraction of sp³-hybridized carbons (Fsp3) is 0.462. The summed E-state index contributed by atoms with van der Waals surface area (Å²) in [6.45, 7) is 6.40. The van der Waals surface area contributed by atoms with Crippen LogP contribution < -0.4 is 5.32 Å². The van der Waals surface area contributed by atoms with Crippen molar-refractivity contribution in [1.82, 2.24) is 30.0 Å².